The quantitative estimate of drug-likeness (QED) is 0.687. The number of hydrogen-bond acceptors (Lipinski definition) is 3. The van der Waals surface area contributed by atoms with Gasteiger partial charge in [0.25, 0.3) is 0 Å². The van der Waals surface area contributed by atoms with Crippen molar-refractivity contribution in [3.8, 4) is 0 Å². The van der Waals surface area contributed by atoms with Crippen molar-refractivity contribution in [2.45, 2.75) is 52.0 Å². The predicted octanol–water partition coefficient (Wildman–Crippen LogP) is 1.12. The number of carbonyl (C=O) groups is 2. The molecule has 0 heterocycles. The standard InChI is InChI=1S/C13H24N2O3/c1-3-13(2,12(17)18)8-15-11(16)9-6-4-5-7-10(9)14/h9-10H,3-8,14H2,1-2H3,(H,15,16)(H,17,18). The molecule has 1 fully saturated rings. The van der Waals surface area contributed by atoms with E-state index in [1.165, 1.54) is 0 Å². The van der Waals surface area contributed by atoms with Gasteiger partial charge in [0.15, 0.2) is 0 Å². The highest BCUT2D eigenvalue weighted by Crippen LogP contribution is 2.24. The molecule has 0 aromatic rings. The molecule has 0 aromatic carbocycles. The molecule has 3 atom stereocenters. The molecule has 0 saturated heterocycles. The second-order valence-corrected chi connectivity index (χ2v) is 5.49. The molecule has 0 aliphatic heterocycles. The molecule has 0 radical (unpaired) electrons. The summed E-state index contributed by atoms with van der Waals surface area (Å²) in [7, 11) is 0. The first-order chi connectivity index (χ1) is 8.40. The van der Waals surface area contributed by atoms with E-state index in [-0.39, 0.29) is 24.4 Å². The van der Waals surface area contributed by atoms with Gasteiger partial charge >= 0.3 is 5.97 Å². The molecule has 0 bridgehead atoms. The maximum atomic E-state index is 12.0. The molecule has 3 unspecified atom stereocenters. The van der Waals surface area contributed by atoms with Crippen molar-refractivity contribution < 1.29 is 14.7 Å². The van der Waals surface area contributed by atoms with Crippen molar-refractivity contribution in [1.29, 1.82) is 0 Å². The molecule has 4 N–H and O–H groups in total. The highest BCUT2D eigenvalue weighted by Gasteiger charge is 2.34. The van der Waals surface area contributed by atoms with Gasteiger partial charge in [-0.05, 0) is 26.2 Å². The molecule has 1 amide bonds. The van der Waals surface area contributed by atoms with Gasteiger partial charge in [0.1, 0.15) is 0 Å². The number of nitrogens with one attached hydrogen (secondary N) is 1. The number of carbonyl (C=O) groups excluding carboxylic acids is 1. The van der Waals surface area contributed by atoms with Crippen LogP contribution in [-0.2, 0) is 9.59 Å². The summed E-state index contributed by atoms with van der Waals surface area (Å²) < 4.78 is 0. The molecule has 1 saturated carbocycles. The van der Waals surface area contributed by atoms with Crippen LogP contribution >= 0.6 is 0 Å². The van der Waals surface area contributed by atoms with E-state index in [0.29, 0.717) is 6.42 Å². The maximum Gasteiger partial charge on any atom is 0.311 e. The van der Waals surface area contributed by atoms with Crippen LogP contribution in [0.2, 0.25) is 0 Å². The Morgan fingerprint density at radius 2 is 2.00 bits per heavy atom. The lowest BCUT2D eigenvalue weighted by molar-refractivity contribution is -0.148. The molecule has 1 aliphatic rings. The van der Waals surface area contributed by atoms with E-state index in [1.807, 2.05) is 6.92 Å². The number of amides is 1. The SMILES string of the molecule is CCC(C)(CNC(=O)C1CCCCC1N)C(=O)O. The van der Waals surface area contributed by atoms with Gasteiger partial charge in [-0.3, -0.25) is 9.59 Å². The third-order valence-corrected chi connectivity index (χ3v) is 4.11. The van der Waals surface area contributed by atoms with Crippen LogP contribution in [-0.4, -0.2) is 29.6 Å². The first-order valence-electron chi connectivity index (χ1n) is 6.67. The largest absolute Gasteiger partial charge is 0.481 e. The molecule has 18 heavy (non-hydrogen) atoms. The molecule has 0 aromatic heterocycles. The number of carboxylic acids is 1. The Labute approximate surface area is 108 Å². The van der Waals surface area contributed by atoms with Crippen molar-refractivity contribution in [2.75, 3.05) is 6.54 Å². The minimum atomic E-state index is -0.894. The van der Waals surface area contributed by atoms with Crippen molar-refractivity contribution in [2.24, 2.45) is 17.1 Å². The van der Waals surface area contributed by atoms with Crippen molar-refractivity contribution in [3.63, 3.8) is 0 Å². The van der Waals surface area contributed by atoms with Gasteiger partial charge < -0.3 is 16.2 Å². The summed E-state index contributed by atoms with van der Waals surface area (Å²) in [5.41, 5.74) is 5.04. The molecular weight excluding hydrogens is 232 g/mol. The highest BCUT2D eigenvalue weighted by atomic mass is 16.4. The van der Waals surface area contributed by atoms with Crippen LogP contribution in [0.1, 0.15) is 46.0 Å². The Morgan fingerprint density at radius 1 is 1.39 bits per heavy atom. The Kier molecular flexibility index (Phi) is 5.14. The van der Waals surface area contributed by atoms with Crippen molar-refractivity contribution in [3.05, 3.63) is 0 Å². The third kappa shape index (κ3) is 3.45. The first kappa shape index (κ1) is 15.0. The van der Waals surface area contributed by atoms with Crippen LogP contribution < -0.4 is 11.1 Å². The number of aliphatic carboxylic acids is 1. The van der Waals surface area contributed by atoms with Crippen molar-refractivity contribution in [1.82, 2.24) is 5.32 Å². The van der Waals surface area contributed by atoms with Gasteiger partial charge in [-0.15, -0.1) is 0 Å². The molecule has 1 aliphatic carbocycles. The van der Waals surface area contributed by atoms with E-state index in [0.717, 1.165) is 25.7 Å². The van der Waals surface area contributed by atoms with Crippen LogP contribution in [0, 0.1) is 11.3 Å². The van der Waals surface area contributed by atoms with E-state index in [2.05, 4.69) is 5.32 Å². The lowest BCUT2D eigenvalue weighted by Gasteiger charge is -2.29. The normalized spacial score (nSPS) is 27.3. The average molecular weight is 256 g/mol. The Hall–Kier alpha value is -1.10. The van der Waals surface area contributed by atoms with E-state index in [9.17, 15) is 9.59 Å². The van der Waals surface area contributed by atoms with Gasteiger partial charge in [0.2, 0.25) is 5.91 Å². The second-order valence-electron chi connectivity index (χ2n) is 5.49. The van der Waals surface area contributed by atoms with Gasteiger partial charge in [-0.25, -0.2) is 0 Å². The van der Waals surface area contributed by atoms with Gasteiger partial charge in [-0.2, -0.15) is 0 Å². The summed E-state index contributed by atoms with van der Waals surface area (Å²) in [5.74, 6) is -1.13. The van der Waals surface area contributed by atoms with Crippen LogP contribution in [0.4, 0.5) is 0 Å². The highest BCUT2D eigenvalue weighted by molar-refractivity contribution is 5.81. The summed E-state index contributed by atoms with van der Waals surface area (Å²) in [4.78, 5) is 23.1. The lowest BCUT2D eigenvalue weighted by Crippen LogP contribution is -2.47. The second kappa shape index (κ2) is 6.18. The smallest absolute Gasteiger partial charge is 0.311 e. The van der Waals surface area contributed by atoms with E-state index < -0.39 is 11.4 Å². The zero-order valence-electron chi connectivity index (χ0n) is 11.2. The summed E-state index contributed by atoms with van der Waals surface area (Å²) in [6.07, 6.45) is 4.27. The van der Waals surface area contributed by atoms with Gasteiger partial charge in [0.05, 0.1) is 11.3 Å². The fourth-order valence-corrected chi connectivity index (χ4v) is 2.25. The molecule has 1 rings (SSSR count). The molecule has 5 heteroatoms. The molecule has 104 valence electrons. The average Bonchev–Trinajstić information content (AvgIpc) is 2.35. The fourth-order valence-electron chi connectivity index (χ4n) is 2.25. The minimum Gasteiger partial charge on any atom is -0.481 e. The zero-order valence-corrected chi connectivity index (χ0v) is 11.2. The number of nitrogens with two attached hydrogens (primary N) is 1. The Morgan fingerprint density at radius 3 is 2.50 bits per heavy atom. The van der Waals surface area contributed by atoms with Crippen LogP contribution in [0.3, 0.4) is 0 Å². The zero-order chi connectivity index (χ0) is 13.8. The van der Waals surface area contributed by atoms with E-state index in [1.54, 1.807) is 6.92 Å². The number of hydrogen-bond donors (Lipinski definition) is 3. The summed E-state index contributed by atoms with van der Waals surface area (Å²) >= 11 is 0. The summed E-state index contributed by atoms with van der Waals surface area (Å²) in [6, 6.07) is -0.0866. The van der Waals surface area contributed by atoms with E-state index >= 15 is 0 Å². The first-order valence-corrected chi connectivity index (χ1v) is 6.67. The summed E-state index contributed by atoms with van der Waals surface area (Å²) in [6.45, 7) is 3.63. The van der Waals surface area contributed by atoms with Gasteiger partial charge in [0, 0.05) is 12.6 Å². The maximum absolute atomic E-state index is 12.0. The molecule has 5 nitrogen and oxygen atoms in total. The lowest BCUT2D eigenvalue weighted by atomic mass is 9.83. The fraction of sp³-hybridized carbons (Fsp3) is 0.846. The Balaban J connectivity index is 2.52. The van der Waals surface area contributed by atoms with Crippen LogP contribution in [0.15, 0.2) is 0 Å². The summed E-state index contributed by atoms with van der Waals surface area (Å²) in [5, 5.41) is 11.9. The predicted molar refractivity (Wildman–Crippen MR) is 69.0 cm³/mol. The van der Waals surface area contributed by atoms with Gasteiger partial charge in [-0.1, -0.05) is 19.8 Å². The third-order valence-electron chi connectivity index (χ3n) is 4.11. The molecular formula is C13H24N2O3. The monoisotopic (exact) mass is 256 g/mol. The van der Waals surface area contributed by atoms with E-state index in [4.69, 9.17) is 10.8 Å². The molecule has 0 spiro atoms. The van der Waals surface area contributed by atoms with Crippen LogP contribution in [0.25, 0.3) is 0 Å². The van der Waals surface area contributed by atoms with Crippen LogP contribution in [0.5, 0.6) is 0 Å². The Bertz CT molecular complexity index is 319. The van der Waals surface area contributed by atoms with Crippen molar-refractivity contribution >= 4 is 11.9 Å². The number of carboxylic acid groups (broad SMARTS) is 1. The minimum absolute atomic E-state index is 0.0866. The topological polar surface area (TPSA) is 92.4 Å². The number of rotatable bonds is 5.